The minimum absolute atomic E-state index is 0.652. The summed E-state index contributed by atoms with van der Waals surface area (Å²) >= 11 is 0. The van der Waals surface area contributed by atoms with Gasteiger partial charge in [0.1, 0.15) is 5.65 Å². The van der Waals surface area contributed by atoms with Crippen molar-refractivity contribution in [2.24, 2.45) is 11.7 Å². The highest BCUT2D eigenvalue weighted by Gasteiger charge is 2.23. The minimum atomic E-state index is 0.652. The molecule has 0 spiro atoms. The number of aromatic nitrogens is 2. The van der Waals surface area contributed by atoms with Gasteiger partial charge < -0.3 is 15.7 Å². The summed E-state index contributed by atoms with van der Waals surface area (Å²) in [5, 5.41) is 8.52. The van der Waals surface area contributed by atoms with Crippen molar-refractivity contribution in [3.8, 4) is 0 Å². The number of nitrogens with two attached hydrogens (primary N) is 1. The van der Waals surface area contributed by atoms with Gasteiger partial charge in [-0.2, -0.15) is 0 Å². The molecule has 3 N–H and O–H groups in total. The average molecular weight is 254 g/mol. The SMILES string of the molecule is Cc1cc2ccc(C(C=N)=CN)nc2n1CC1CC1. The summed E-state index contributed by atoms with van der Waals surface area (Å²) in [5.41, 5.74) is 9.20. The third kappa shape index (κ3) is 2.14. The number of nitrogens with zero attached hydrogens (tertiary/aromatic N) is 2. The van der Waals surface area contributed by atoms with Crippen LogP contribution in [0.25, 0.3) is 16.6 Å². The quantitative estimate of drug-likeness (QED) is 0.824. The smallest absolute Gasteiger partial charge is 0.140 e. The Hall–Kier alpha value is -2.10. The number of hydrogen-bond donors (Lipinski definition) is 2. The summed E-state index contributed by atoms with van der Waals surface area (Å²) in [6, 6.07) is 6.15. The molecule has 0 atom stereocenters. The first kappa shape index (κ1) is 12.0. The Labute approximate surface area is 112 Å². The lowest BCUT2D eigenvalue weighted by molar-refractivity contribution is 0.629. The van der Waals surface area contributed by atoms with Gasteiger partial charge in [-0.05, 0) is 43.9 Å². The van der Waals surface area contributed by atoms with E-state index in [1.807, 2.05) is 6.07 Å². The second-order valence-corrected chi connectivity index (χ2v) is 5.22. The third-order valence-corrected chi connectivity index (χ3v) is 3.72. The van der Waals surface area contributed by atoms with Crippen molar-refractivity contribution in [2.45, 2.75) is 26.3 Å². The van der Waals surface area contributed by atoms with Crippen molar-refractivity contribution in [1.82, 2.24) is 9.55 Å². The summed E-state index contributed by atoms with van der Waals surface area (Å²) in [7, 11) is 0. The molecule has 0 unspecified atom stereocenters. The number of aryl methyl sites for hydroxylation is 1. The second kappa shape index (κ2) is 4.53. The van der Waals surface area contributed by atoms with Crippen LogP contribution in [0.1, 0.15) is 24.2 Å². The third-order valence-electron chi connectivity index (χ3n) is 3.72. The molecule has 4 nitrogen and oxygen atoms in total. The molecule has 19 heavy (non-hydrogen) atoms. The van der Waals surface area contributed by atoms with E-state index in [-0.39, 0.29) is 0 Å². The molecule has 0 aliphatic heterocycles. The van der Waals surface area contributed by atoms with Gasteiger partial charge in [0, 0.05) is 35.6 Å². The molecule has 0 amide bonds. The van der Waals surface area contributed by atoms with Crippen LogP contribution in [-0.2, 0) is 6.54 Å². The summed E-state index contributed by atoms with van der Waals surface area (Å²) in [5.74, 6) is 0.812. The molecule has 0 bridgehead atoms. The zero-order valence-electron chi connectivity index (χ0n) is 11.1. The minimum Gasteiger partial charge on any atom is -0.404 e. The lowest BCUT2D eigenvalue weighted by Crippen LogP contribution is -2.04. The summed E-state index contributed by atoms with van der Waals surface area (Å²) in [6.07, 6.45) is 5.33. The van der Waals surface area contributed by atoms with Crippen molar-refractivity contribution < 1.29 is 0 Å². The van der Waals surface area contributed by atoms with Gasteiger partial charge in [-0.15, -0.1) is 0 Å². The van der Waals surface area contributed by atoms with Crippen molar-refractivity contribution in [3.05, 3.63) is 35.8 Å². The predicted molar refractivity (Wildman–Crippen MR) is 78.1 cm³/mol. The molecular formula is C15H18N4. The van der Waals surface area contributed by atoms with E-state index in [1.54, 1.807) is 0 Å². The Balaban J connectivity index is 2.11. The second-order valence-electron chi connectivity index (χ2n) is 5.22. The topological polar surface area (TPSA) is 67.7 Å². The van der Waals surface area contributed by atoms with Crippen LogP contribution in [0.4, 0.5) is 0 Å². The molecule has 4 heteroatoms. The zero-order chi connectivity index (χ0) is 13.4. The van der Waals surface area contributed by atoms with Gasteiger partial charge >= 0.3 is 0 Å². The van der Waals surface area contributed by atoms with E-state index in [2.05, 4.69) is 28.6 Å². The van der Waals surface area contributed by atoms with E-state index >= 15 is 0 Å². The molecule has 0 aromatic carbocycles. The van der Waals surface area contributed by atoms with Crippen LogP contribution in [0.3, 0.4) is 0 Å². The van der Waals surface area contributed by atoms with Crippen molar-refractivity contribution in [3.63, 3.8) is 0 Å². The normalized spacial score (nSPS) is 15.9. The molecule has 2 heterocycles. The maximum absolute atomic E-state index is 7.37. The first-order valence-corrected chi connectivity index (χ1v) is 6.62. The lowest BCUT2D eigenvalue weighted by Gasteiger charge is -2.07. The summed E-state index contributed by atoms with van der Waals surface area (Å²) in [4.78, 5) is 4.68. The van der Waals surface area contributed by atoms with E-state index in [4.69, 9.17) is 11.1 Å². The van der Waals surface area contributed by atoms with E-state index < -0.39 is 0 Å². The van der Waals surface area contributed by atoms with Gasteiger partial charge in [0.2, 0.25) is 0 Å². The van der Waals surface area contributed by atoms with Crippen LogP contribution < -0.4 is 5.73 Å². The molecule has 2 aromatic heterocycles. The molecule has 1 aliphatic carbocycles. The fourth-order valence-corrected chi connectivity index (χ4v) is 2.42. The van der Waals surface area contributed by atoms with Gasteiger partial charge in [-0.25, -0.2) is 4.98 Å². The van der Waals surface area contributed by atoms with E-state index in [0.717, 1.165) is 29.2 Å². The Morgan fingerprint density at radius 2 is 2.32 bits per heavy atom. The van der Waals surface area contributed by atoms with Crippen LogP contribution in [0.15, 0.2) is 24.4 Å². The van der Waals surface area contributed by atoms with Gasteiger partial charge in [0.05, 0.1) is 5.69 Å². The average Bonchev–Trinajstić information content (AvgIpc) is 3.17. The first-order chi connectivity index (χ1) is 9.22. The molecule has 98 valence electrons. The number of nitrogens with one attached hydrogen (secondary N) is 1. The molecule has 2 aromatic rings. The lowest BCUT2D eigenvalue weighted by atomic mass is 10.2. The molecule has 1 aliphatic rings. The highest BCUT2D eigenvalue weighted by molar-refractivity contribution is 6.07. The summed E-state index contributed by atoms with van der Waals surface area (Å²) < 4.78 is 2.29. The molecule has 1 saturated carbocycles. The van der Waals surface area contributed by atoms with Gasteiger partial charge in [-0.1, -0.05) is 0 Å². The molecular weight excluding hydrogens is 236 g/mol. The van der Waals surface area contributed by atoms with Gasteiger partial charge in [0.25, 0.3) is 0 Å². The Morgan fingerprint density at radius 3 is 2.95 bits per heavy atom. The highest BCUT2D eigenvalue weighted by Crippen LogP contribution is 2.32. The monoisotopic (exact) mass is 254 g/mol. The van der Waals surface area contributed by atoms with E-state index in [9.17, 15) is 0 Å². The van der Waals surface area contributed by atoms with E-state index in [1.165, 1.54) is 31.0 Å². The van der Waals surface area contributed by atoms with Crippen LogP contribution in [-0.4, -0.2) is 15.8 Å². The van der Waals surface area contributed by atoms with Gasteiger partial charge in [0.15, 0.2) is 0 Å². The molecule has 0 saturated heterocycles. The Kier molecular flexibility index (Phi) is 2.85. The standard InChI is InChI=1S/C15H18N4/c1-10-6-12-4-5-14(13(7-16)8-17)18-15(12)19(10)9-11-2-3-11/h4-8,11,16H,2-3,9,17H2,1H3. The van der Waals surface area contributed by atoms with Crippen molar-refractivity contribution in [2.75, 3.05) is 0 Å². The number of pyridine rings is 1. The fraction of sp³-hybridized carbons (Fsp3) is 0.333. The number of fused-ring (bicyclic) bond motifs is 1. The highest BCUT2D eigenvalue weighted by atomic mass is 15.1. The summed E-state index contributed by atoms with van der Waals surface area (Å²) in [6.45, 7) is 3.18. The number of hydrogen-bond acceptors (Lipinski definition) is 3. The zero-order valence-corrected chi connectivity index (χ0v) is 11.1. The van der Waals surface area contributed by atoms with Crippen LogP contribution >= 0.6 is 0 Å². The van der Waals surface area contributed by atoms with Crippen LogP contribution in [0.5, 0.6) is 0 Å². The van der Waals surface area contributed by atoms with Crippen LogP contribution in [0.2, 0.25) is 0 Å². The molecule has 0 radical (unpaired) electrons. The predicted octanol–water partition coefficient (Wildman–Crippen LogP) is 2.70. The van der Waals surface area contributed by atoms with E-state index in [0.29, 0.717) is 5.57 Å². The number of rotatable bonds is 4. The van der Waals surface area contributed by atoms with Crippen LogP contribution in [0, 0.1) is 18.3 Å². The Morgan fingerprint density at radius 1 is 1.53 bits per heavy atom. The number of allylic oxidation sites excluding steroid dienone is 1. The van der Waals surface area contributed by atoms with Crippen molar-refractivity contribution in [1.29, 1.82) is 5.41 Å². The maximum atomic E-state index is 7.37. The van der Waals surface area contributed by atoms with Gasteiger partial charge in [-0.3, -0.25) is 0 Å². The first-order valence-electron chi connectivity index (χ1n) is 6.62. The van der Waals surface area contributed by atoms with Crippen molar-refractivity contribution >= 4 is 22.8 Å². The maximum Gasteiger partial charge on any atom is 0.140 e. The largest absolute Gasteiger partial charge is 0.404 e. The molecule has 3 rings (SSSR count). The molecule has 1 fully saturated rings. The fourth-order valence-electron chi connectivity index (χ4n) is 2.42. The Bertz CT molecular complexity index is 662.